The summed E-state index contributed by atoms with van der Waals surface area (Å²) in [6, 6.07) is 3.85. The molecule has 106 valence electrons. The summed E-state index contributed by atoms with van der Waals surface area (Å²) in [4.78, 5) is 12.3. The van der Waals surface area contributed by atoms with E-state index in [0.29, 0.717) is 4.90 Å². The van der Waals surface area contributed by atoms with Gasteiger partial charge in [-0.15, -0.1) is 0 Å². The van der Waals surface area contributed by atoms with Crippen LogP contribution in [-0.4, -0.2) is 30.1 Å². The third kappa shape index (κ3) is 4.70. The Morgan fingerprint density at radius 2 is 2.00 bits per heavy atom. The van der Waals surface area contributed by atoms with E-state index in [4.69, 9.17) is 11.6 Å². The van der Waals surface area contributed by atoms with Crippen LogP contribution in [-0.2, 0) is 11.2 Å². The summed E-state index contributed by atoms with van der Waals surface area (Å²) in [5.74, 6) is -1.52. The van der Waals surface area contributed by atoms with Crippen LogP contribution in [0.15, 0.2) is 18.2 Å². The molecule has 1 amide bonds. The molecule has 0 aliphatic heterocycles. The van der Waals surface area contributed by atoms with Crippen molar-refractivity contribution in [2.75, 3.05) is 13.1 Å². The second-order valence-electron chi connectivity index (χ2n) is 3.90. The summed E-state index contributed by atoms with van der Waals surface area (Å²) in [5, 5.41) is 0.0245. The molecule has 1 aromatic rings. The lowest BCUT2D eigenvalue weighted by atomic mass is 10.1. The maximum absolute atomic E-state index is 13.4. The number of amides is 1. The van der Waals surface area contributed by atoms with Gasteiger partial charge in [-0.05, 0) is 19.1 Å². The monoisotopic (exact) mass is 297 g/mol. The summed E-state index contributed by atoms with van der Waals surface area (Å²) in [5.41, 5.74) is -0.0882. The predicted octanol–water partition coefficient (Wildman–Crippen LogP) is 3.43. The first-order chi connectivity index (χ1) is 8.74. The van der Waals surface area contributed by atoms with Crippen molar-refractivity contribution in [1.82, 2.24) is 4.90 Å². The van der Waals surface area contributed by atoms with Crippen molar-refractivity contribution in [3.63, 3.8) is 0 Å². The van der Waals surface area contributed by atoms with Crippen LogP contribution in [0, 0.1) is 5.82 Å². The van der Waals surface area contributed by atoms with Gasteiger partial charge in [0.25, 0.3) is 0 Å². The summed E-state index contributed by atoms with van der Waals surface area (Å²) >= 11 is 5.72. The molecule has 0 spiro atoms. The predicted molar refractivity (Wildman–Crippen MR) is 63.4 cm³/mol. The Balaban J connectivity index is 2.83. The molecule has 0 atom stereocenters. The van der Waals surface area contributed by atoms with Crippen LogP contribution in [0.4, 0.5) is 17.6 Å². The van der Waals surface area contributed by atoms with E-state index in [1.54, 1.807) is 0 Å². The van der Waals surface area contributed by atoms with Crippen molar-refractivity contribution in [3.05, 3.63) is 34.6 Å². The van der Waals surface area contributed by atoms with Gasteiger partial charge in [-0.2, -0.15) is 13.2 Å². The highest BCUT2D eigenvalue weighted by Crippen LogP contribution is 2.21. The molecule has 0 N–H and O–H groups in total. The number of benzene rings is 1. The number of likely N-dealkylation sites (N-methyl/N-ethyl adjacent to an activating group) is 1. The minimum Gasteiger partial charge on any atom is -0.334 e. The summed E-state index contributed by atoms with van der Waals surface area (Å²) in [6.45, 7) is -0.0363. The smallest absolute Gasteiger partial charge is 0.334 e. The third-order valence-electron chi connectivity index (χ3n) is 2.49. The fraction of sp³-hybridized carbons (Fsp3) is 0.417. The number of hydrogen-bond acceptors (Lipinski definition) is 1. The van der Waals surface area contributed by atoms with E-state index in [9.17, 15) is 22.4 Å². The van der Waals surface area contributed by atoms with Gasteiger partial charge < -0.3 is 4.90 Å². The Morgan fingerprint density at radius 1 is 1.37 bits per heavy atom. The molecule has 0 fully saturated rings. The second-order valence-corrected chi connectivity index (χ2v) is 4.31. The van der Waals surface area contributed by atoms with E-state index < -0.39 is 30.9 Å². The average Bonchev–Trinajstić information content (AvgIpc) is 2.29. The molecule has 0 radical (unpaired) electrons. The highest BCUT2D eigenvalue weighted by Gasteiger charge is 2.32. The van der Waals surface area contributed by atoms with Crippen LogP contribution in [0.2, 0.25) is 5.02 Å². The van der Waals surface area contributed by atoms with Crippen LogP contribution in [0.3, 0.4) is 0 Å². The zero-order chi connectivity index (χ0) is 14.6. The van der Waals surface area contributed by atoms with Gasteiger partial charge in [-0.3, -0.25) is 4.79 Å². The summed E-state index contributed by atoms with van der Waals surface area (Å²) in [7, 11) is 0. The normalized spacial score (nSPS) is 11.5. The molecule has 19 heavy (non-hydrogen) atoms. The number of hydrogen-bond donors (Lipinski definition) is 0. The van der Waals surface area contributed by atoms with Crippen molar-refractivity contribution >= 4 is 17.5 Å². The summed E-state index contributed by atoms with van der Waals surface area (Å²) in [6.07, 6.45) is -4.97. The highest BCUT2D eigenvalue weighted by atomic mass is 35.5. The molecule has 1 aromatic carbocycles. The third-order valence-corrected chi connectivity index (χ3v) is 2.85. The molecular weight excluding hydrogens is 286 g/mol. The Morgan fingerprint density at radius 3 is 2.47 bits per heavy atom. The Bertz CT molecular complexity index is 441. The Hall–Kier alpha value is -1.30. The molecule has 0 heterocycles. The van der Waals surface area contributed by atoms with Crippen molar-refractivity contribution in [2.24, 2.45) is 0 Å². The molecule has 0 unspecified atom stereocenters. The van der Waals surface area contributed by atoms with Gasteiger partial charge in [0.1, 0.15) is 12.4 Å². The fourth-order valence-corrected chi connectivity index (χ4v) is 1.79. The highest BCUT2D eigenvalue weighted by molar-refractivity contribution is 6.31. The first kappa shape index (κ1) is 15.8. The largest absolute Gasteiger partial charge is 0.406 e. The average molecular weight is 298 g/mol. The van der Waals surface area contributed by atoms with Gasteiger partial charge in [0, 0.05) is 17.1 Å². The molecule has 2 nitrogen and oxygen atoms in total. The van der Waals surface area contributed by atoms with Crippen LogP contribution in [0.5, 0.6) is 0 Å². The topological polar surface area (TPSA) is 20.3 Å². The first-order valence-electron chi connectivity index (χ1n) is 5.52. The van der Waals surface area contributed by atoms with Gasteiger partial charge in [0.15, 0.2) is 0 Å². The molecule has 0 aliphatic carbocycles. The van der Waals surface area contributed by atoms with Gasteiger partial charge in [-0.1, -0.05) is 17.7 Å². The van der Waals surface area contributed by atoms with E-state index in [-0.39, 0.29) is 17.1 Å². The molecule has 0 aromatic heterocycles. The minimum atomic E-state index is -4.48. The number of alkyl halides is 3. The molecule has 0 saturated heterocycles. The molecule has 0 aliphatic rings. The number of carbonyl (C=O) groups excluding carboxylic acids is 1. The Kier molecular flexibility index (Phi) is 5.17. The van der Waals surface area contributed by atoms with Gasteiger partial charge in [-0.25, -0.2) is 4.39 Å². The summed E-state index contributed by atoms with van der Waals surface area (Å²) < 4.78 is 50.2. The van der Waals surface area contributed by atoms with Crippen molar-refractivity contribution in [3.8, 4) is 0 Å². The SMILES string of the molecule is CCN(CC(F)(F)F)C(=O)Cc1c(F)cccc1Cl. The Labute approximate surface area is 113 Å². The van der Waals surface area contributed by atoms with Crippen LogP contribution in [0.25, 0.3) is 0 Å². The number of nitrogens with zero attached hydrogens (tertiary/aromatic N) is 1. The zero-order valence-corrected chi connectivity index (χ0v) is 10.9. The second kappa shape index (κ2) is 6.23. The molecule has 0 saturated carbocycles. The van der Waals surface area contributed by atoms with E-state index in [2.05, 4.69) is 0 Å². The lowest BCUT2D eigenvalue weighted by Crippen LogP contribution is -2.39. The number of rotatable bonds is 4. The standard InChI is InChI=1S/C12H12ClF4NO/c1-2-18(7-12(15,16)17)11(19)6-8-9(13)4-3-5-10(8)14/h3-5H,2,6-7H2,1H3. The van der Waals surface area contributed by atoms with Crippen molar-refractivity contribution in [1.29, 1.82) is 0 Å². The fourth-order valence-electron chi connectivity index (χ4n) is 1.56. The molecular formula is C12H12ClF4NO. The lowest BCUT2D eigenvalue weighted by Gasteiger charge is -2.22. The van der Waals surface area contributed by atoms with E-state index >= 15 is 0 Å². The first-order valence-corrected chi connectivity index (χ1v) is 5.89. The van der Waals surface area contributed by atoms with Gasteiger partial charge in [0.05, 0.1) is 6.42 Å². The number of carbonyl (C=O) groups is 1. The zero-order valence-electron chi connectivity index (χ0n) is 10.1. The molecule has 7 heteroatoms. The van der Waals surface area contributed by atoms with Crippen LogP contribution in [0.1, 0.15) is 12.5 Å². The van der Waals surface area contributed by atoms with Gasteiger partial charge in [0.2, 0.25) is 5.91 Å². The van der Waals surface area contributed by atoms with E-state index in [1.807, 2.05) is 0 Å². The molecule has 1 rings (SSSR count). The maximum Gasteiger partial charge on any atom is 0.406 e. The molecule has 0 bridgehead atoms. The van der Waals surface area contributed by atoms with Crippen molar-refractivity contribution in [2.45, 2.75) is 19.5 Å². The van der Waals surface area contributed by atoms with Gasteiger partial charge >= 0.3 is 6.18 Å². The number of halogens is 5. The minimum absolute atomic E-state index is 0.0245. The maximum atomic E-state index is 13.4. The quantitative estimate of drug-likeness (QED) is 0.780. The van der Waals surface area contributed by atoms with Crippen molar-refractivity contribution < 1.29 is 22.4 Å². The van der Waals surface area contributed by atoms with Crippen LogP contribution >= 0.6 is 11.6 Å². The van der Waals surface area contributed by atoms with Crippen LogP contribution < -0.4 is 0 Å². The van der Waals surface area contributed by atoms with E-state index in [0.717, 1.165) is 6.07 Å². The van der Waals surface area contributed by atoms with E-state index in [1.165, 1.54) is 19.1 Å². The lowest BCUT2D eigenvalue weighted by molar-refractivity contribution is -0.160.